The number of rotatable bonds is 4. The second-order valence-electron chi connectivity index (χ2n) is 4.06. The lowest BCUT2D eigenvalue weighted by molar-refractivity contribution is -0.120. The summed E-state index contributed by atoms with van der Waals surface area (Å²) in [5, 5.41) is 26.8. The summed E-state index contributed by atoms with van der Waals surface area (Å²) in [7, 11) is 0. The molecule has 0 atom stereocenters. The summed E-state index contributed by atoms with van der Waals surface area (Å²) in [6, 6.07) is 9.51. The quantitative estimate of drug-likeness (QED) is 0.659. The number of hydrogen-bond acceptors (Lipinski definition) is 6. The molecule has 0 fully saturated rings. The Kier molecular flexibility index (Phi) is 3.95. The van der Waals surface area contributed by atoms with Gasteiger partial charge in [-0.1, -0.05) is 17.7 Å². The third-order valence-electron chi connectivity index (χ3n) is 2.51. The number of benzene rings is 2. The van der Waals surface area contributed by atoms with E-state index in [-0.39, 0.29) is 29.4 Å². The van der Waals surface area contributed by atoms with Gasteiger partial charge in [0.2, 0.25) is 0 Å². The average molecular weight is 272 g/mol. The number of aromatic hydroxyl groups is 2. The van der Waals surface area contributed by atoms with Crippen molar-refractivity contribution >= 4 is 17.8 Å². The Morgan fingerprint density at radius 2 is 1.80 bits per heavy atom. The van der Waals surface area contributed by atoms with Crippen molar-refractivity contribution in [1.29, 1.82) is 0 Å². The Balaban J connectivity index is 2.36. The summed E-state index contributed by atoms with van der Waals surface area (Å²) in [5.41, 5.74) is 1.64. The van der Waals surface area contributed by atoms with E-state index >= 15 is 0 Å². The van der Waals surface area contributed by atoms with Crippen molar-refractivity contribution in [1.82, 2.24) is 0 Å². The molecule has 0 unspecified atom stereocenters. The summed E-state index contributed by atoms with van der Waals surface area (Å²) in [5.74, 6) is -0.653. The minimum atomic E-state index is -0.335. The zero-order valence-corrected chi connectivity index (χ0v) is 10.6. The van der Waals surface area contributed by atoms with Crippen LogP contribution in [0, 0.1) is 6.92 Å². The Labute approximate surface area is 115 Å². The fourth-order valence-electron chi connectivity index (χ4n) is 1.54. The molecule has 20 heavy (non-hydrogen) atoms. The number of ether oxygens (including phenoxy) is 1. The Hall–Kier alpha value is -2.89. The van der Waals surface area contributed by atoms with Gasteiger partial charge >= 0.3 is 0 Å². The minimum Gasteiger partial charge on any atom is -0.508 e. The maximum Gasteiger partial charge on any atom is 0.298 e. The highest BCUT2D eigenvalue weighted by molar-refractivity contribution is 5.67. The monoisotopic (exact) mass is 272 g/mol. The van der Waals surface area contributed by atoms with Gasteiger partial charge in [0.15, 0.2) is 17.2 Å². The number of hydrogen-bond donors (Lipinski definition) is 2. The number of aryl methyl sites for hydroxylation is 1. The van der Waals surface area contributed by atoms with Crippen molar-refractivity contribution < 1.29 is 19.7 Å². The van der Waals surface area contributed by atoms with E-state index in [9.17, 15) is 15.0 Å². The maximum absolute atomic E-state index is 10.4. The van der Waals surface area contributed by atoms with Crippen LogP contribution in [0.15, 0.2) is 46.6 Å². The molecule has 0 saturated carbocycles. The lowest BCUT2D eigenvalue weighted by Crippen LogP contribution is -1.88. The Morgan fingerprint density at radius 3 is 2.45 bits per heavy atom. The molecule has 0 aromatic heterocycles. The molecule has 0 amide bonds. The van der Waals surface area contributed by atoms with Gasteiger partial charge in [0.05, 0.1) is 5.69 Å². The van der Waals surface area contributed by atoms with Crippen LogP contribution in [-0.4, -0.2) is 16.7 Å². The summed E-state index contributed by atoms with van der Waals surface area (Å²) in [4.78, 5) is 10.4. The third kappa shape index (κ3) is 3.11. The van der Waals surface area contributed by atoms with Crippen LogP contribution in [0.2, 0.25) is 0 Å². The predicted octanol–water partition coefficient (Wildman–Crippen LogP) is 3.36. The average Bonchev–Trinajstić information content (AvgIpc) is 2.40. The van der Waals surface area contributed by atoms with Gasteiger partial charge in [0, 0.05) is 12.1 Å². The van der Waals surface area contributed by atoms with Gasteiger partial charge in [0.25, 0.3) is 6.47 Å². The summed E-state index contributed by atoms with van der Waals surface area (Å²) >= 11 is 0. The molecule has 0 aliphatic rings. The van der Waals surface area contributed by atoms with Crippen molar-refractivity contribution in [3.63, 3.8) is 0 Å². The molecular formula is C14H12N2O4. The molecule has 2 N–H and O–H groups in total. The van der Waals surface area contributed by atoms with Crippen LogP contribution < -0.4 is 4.74 Å². The first-order valence-corrected chi connectivity index (χ1v) is 5.75. The first-order valence-electron chi connectivity index (χ1n) is 5.75. The molecule has 0 heterocycles. The highest BCUT2D eigenvalue weighted by Gasteiger charge is 2.11. The van der Waals surface area contributed by atoms with E-state index in [0.29, 0.717) is 5.69 Å². The number of carbonyl (C=O) groups excluding carboxylic acids is 1. The predicted molar refractivity (Wildman–Crippen MR) is 71.8 cm³/mol. The molecule has 0 spiro atoms. The second-order valence-corrected chi connectivity index (χ2v) is 4.06. The fourth-order valence-corrected chi connectivity index (χ4v) is 1.54. The molecule has 6 nitrogen and oxygen atoms in total. The molecule has 0 bridgehead atoms. The smallest absolute Gasteiger partial charge is 0.298 e. The second kappa shape index (κ2) is 5.83. The van der Waals surface area contributed by atoms with Crippen LogP contribution in [0.4, 0.5) is 11.4 Å². The van der Waals surface area contributed by atoms with Gasteiger partial charge in [-0.2, -0.15) is 5.11 Å². The first kappa shape index (κ1) is 13.5. The van der Waals surface area contributed by atoms with Crippen LogP contribution in [-0.2, 0) is 4.79 Å². The molecule has 2 aromatic carbocycles. The zero-order valence-electron chi connectivity index (χ0n) is 10.6. The van der Waals surface area contributed by atoms with Crippen molar-refractivity contribution in [2.75, 3.05) is 0 Å². The van der Waals surface area contributed by atoms with E-state index in [1.54, 1.807) is 12.1 Å². The normalized spacial score (nSPS) is 10.7. The van der Waals surface area contributed by atoms with E-state index in [2.05, 4.69) is 15.0 Å². The molecule has 2 rings (SSSR count). The van der Waals surface area contributed by atoms with Gasteiger partial charge in [-0.25, -0.2) is 0 Å². The summed E-state index contributed by atoms with van der Waals surface area (Å²) in [6.45, 7) is 2.13. The number of phenolic OH excluding ortho intramolecular Hbond substituents is 2. The van der Waals surface area contributed by atoms with E-state index in [1.807, 2.05) is 19.1 Å². The van der Waals surface area contributed by atoms with Gasteiger partial charge in [-0.15, -0.1) is 5.11 Å². The molecule has 0 aliphatic carbocycles. The van der Waals surface area contributed by atoms with E-state index in [0.717, 1.165) is 17.7 Å². The van der Waals surface area contributed by atoms with Crippen LogP contribution in [0.5, 0.6) is 17.2 Å². The topological polar surface area (TPSA) is 91.5 Å². The maximum atomic E-state index is 10.4. The minimum absolute atomic E-state index is 0.0320. The number of phenols is 2. The summed E-state index contributed by atoms with van der Waals surface area (Å²) < 4.78 is 4.65. The molecule has 0 aliphatic heterocycles. The zero-order chi connectivity index (χ0) is 14.5. The Bertz CT molecular complexity index is 651. The summed E-state index contributed by atoms with van der Waals surface area (Å²) in [6.07, 6.45) is 0. The van der Waals surface area contributed by atoms with Crippen LogP contribution >= 0.6 is 0 Å². The van der Waals surface area contributed by atoms with Gasteiger partial charge < -0.3 is 14.9 Å². The van der Waals surface area contributed by atoms with Crippen LogP contribution in [0.1, 0.15) is 5.56 Å². The van der Waals surface area contributed by atoms with Crippen LogP contribution in [0.25, 0.3) is 0 Å². The largest absolute Gasteiger partial charge is 0.508 e. The highest BCUT2D eigenvalue weighted by atomic mass is 16.5. The molecule has 102 valence electrons. The van der Waals surface area contributed by atoms with Crippen molar-refractivity contribution in [3.05, 3.63) is 42.0 Å². The lowest BCUT2D eigenvalue weighted by atomic mass is 10.2. The van der Waals surface area contributed by atoms with E-state index in [4.69, 9.17) is 0 Å². The van der Waals surface area contributed by atoms with E-state index < -0.39 is 0 Å². The standard InChI is InChI=1S/C14H12N2O4/c1-9-2-4-10(5-3-9)15-16-14-12(19)6-11(18)7-13(14)20-8-17/h2-8,18-19H,1H3. The fraction of sp³-hybridized carbons (Fsp3) is 0.0714. The number of carbonyl (C=O) groups is 1. The molecule has 0 saturated heterocycles. The number of azo groups is 1. The third-order valence-corrected chi connectivity index (χ3v) is 2.51. The van der Waals surface area contributed by atoms with Crippen molar-refractivity contribution in [2.24, 2.45) is 10.2 Å². The van der Waals surface area contributed by atoms with Crippen molar-refractivity contribution in [2.45, 2.75) is 6.92 Å². The molecule has 2 aromatic rings. The first-order chi connectivity index (χ1) is 9.60. The highest BCUT2D eigenvalue weighted by Crippen LogP contribution is 2.40. The number of nitrogens with zero attached hydrogens (tertiary/aromatic N) is 2. The molecule has 6 heteroatoms. The van der Waals surface area contributed by atoms with E-state index in [1.165, 1.54) is 0 Å². The lowest BCUT2D eigenvalue weighted by Gasteiger charge is -2.05. The Morgan fingerprint density at radius 1 is 1.10 bits per heavy atom. The van der Waals surface area contributed by atoms with Gasteiger partial charge in [0.1, 0.15) is 5.75 Å². The van der Waals surface area contributed by atoms with Crippen molar-refractivity contribution in [3.8, 4) is 17.2 Å². The van der Waals surface area contributed by atoms with Gasteiger partial charge in [-0.05, 0) is 19.1 Å². The molecule has 0 radical (unpaired) electrons. The molecular weight excluding hydrogens is 260 g/mol. The SMILES string of the molecule is Cc1ccc(N=Nc2c(O)cc(O)cc2OC=O)cc1. The van der Waals surface area contributed by atoms with Gasteiger partial charge in [-0.3, -0.25) is 4.79 Å². The van der Waals surface area contributed by atoms with Crippen LogP contribution in [0.3, 0.4) is 0 Å².